The van der Waals surface area contributed by atoms with Crippen LogP contribution < -0.4 is 0 Å². The number of morpholine rings is 1. The molecule has 0 saturated carbocycles. The van der Waals surface area contributed by atoms with Gasteiger partial charge in [-0.1, -0.05) is 36.4 Å². The van der Waals surface area contributed by atoms with Crippen molar-refractivity contribution < 1.29 is 9.53 Å². The van der Waals surface area contributed by atoms with Crippen molar-refractivity contribution in [2.24, 2.45) is 5.92 Å². The van der Waals surface area contributed by atoms with E-state index in [0.29, 0.717) is 12.5 Å². The summed E-state index contributed by atoms with van der Waals surface area (Å²) >= 11 is 0. The molecule has 0 spiro atoms. The number of cyclic esters (lactones) is 1. The second kappa shape index (κ2) is 5.17. The minimum atomic E-state index is -0.0739. The molecule has 2 aliphatic rings. The Morgan fingerprint density at radius 1 is 1.21 bits per heavy atom. The Morgan fingerprint density at radius 2 is 2.00 bits per heavy atom. The number of ether oxygens (including phenoxy) is 1. The molecule has 2 fully saturated rings. The molecular weight excluding hydrogens is 238 g/mol. The molecule has 3 heteroatoms. The summed E-state index contributed by atoms with van der Waals surface area (Å²) in [6, 6.07) is 10.4. The first-order valence-electron chi connectivity index (χ1n) is 6.89. The molecule has 2 aliphatic heterocycles. The highest BCUT2D eigenvalue weighted by molar-refractivity contribution is 5.76. The maximum atomic E-state index is 11.9. The highest BCUT2D eigenvalue weighted by Crippen LogP contribution is 2.35. The predicted octanol–water partition coefficient (Wildman–Crippen LogP) is 2.55. The van der Waals surface area contributed by atoms with Crippen molar-refractivity contribution >= 4 is 5.97 Å². The Labute approximate surface area is 113 Å². The third-order valence-corrected chi connectivity index (χ3v) is 4.23. The van der Waals surface area contributed by atoms with Gasteiger partial charge >= 0.3 is 5.97 Å². The minimum absolute atomic E-state index is 0.0605. The molecule has 2 saturated heterocycles. The lowest BCUT2D eigenvalue weighted by Crippen LogP contribution is -2.54. The quantitative estimate of drug-likeness (QED) is 0.602. The van der Waals surface area contributed by atoms with Gasteiger partial charge in [0, 0.05) is 6.54 Å². The van der Waals surface area contributed by atoms with Gasteiger partial charge in [-0.15, -0.1) is 6.58 Å². The third kappa shape index (κ3) is 2.30. The van der Waals surface area contributed by atoms with Crippen molar-refractivity contribution in [1.82, 2.24) is 4.90 Å². The monoisotopic (exact) mass is 257 g/mol. The Morgan fingerprint density at radius 3 is 2.74 bits per heavy atom. The first-order chi connectivity index (χ1) is 9.29. The van der Waals surface area contributed by atoms with E-state index in [1.165, 1.54) is 5.56 Å². The lowest BCUT2D eigenvalue weighted by molar-refractivity contribution is -0.166. The van der Waals surface area contributed by atoms with Gasteiger partial charge in [0.15, 0.2) is 0 Å². The van der Waals surface area contributed by atoms with E-state index in [-0.39, 0.29) is 18.1 Å². The van der Waals surface area contributed by atoms with E-state index in [0.717, 1.165) is 19.4 Å². The van der Waals surface area contributed by atoms with Crippen LogP contribution in [0, 0.1) is 5.92 Å². The number of fused-ring (bicyclic) bond motifs is 1. The van der Waals surface area contributed by atoms with Gasteiger partial charge in [-0.3, -0.25) is 9.69 Å². The number of carbonyl (C=O) groups is 1. The summed E-state index contributed by atoms with van der Waals surface area (Å²) < 4.78 is 5.38. The second-order valence-electron chi connectivity index (χ2n) is 5.34. The van der Waals surface area contributed by atoms with Gasteiger partial charge in [0.2, 0.25) is 0 Å². The number of rotatable bonds is 2. The van der Waals surface area contributed by atoms with E-state index in [2.05, 4.69) is 23.6 Å². The third-order valence-electron chi connectivity index (χ3n) is 4.23. The molecule has 0 unspecified atom stereocenters. The predicted molar refractivity (Wildman–Crippen MR) is 73.6 cm³/mol. The van der Waals surface area contributed by atoms with Crippen LogP contribution in [0.15, 0.2) is 43.0 Å². The number of esters is 1. The minimum Gasteiger partial charge on any atom is -0.462 e. The number of nitrogens with zero attached hydrogens (tertiary/aromatic N) is 1. The lowest BCUT2D eigenvalue weighted by Gasteiger charge is -2.45. The fraction of sp³-hybridized carbons (Fsp3) is 0.438. The Hall–Kier alpha value is -1.61. The SMILES string of the molecule is C=C[C@H]1CC[C@H]2C(=O)OC[C@@H](c3ccccc3)N2C1. The number of hydrogen-bond acceptors (Lipinski definition) is 3. The van der Waals surface area contributed by atoms with E-state index in [4.69, 9.17) is 4.74 Å². The van der Waals surface area contributed by atoms with E-state index in [1.807, 2.05) is 24.3 Å². The number of carbonyl (C=O) groups excluding carboxylic acids is 1. The average Bonchev–Trinajstić information content (AvgIpc) is 2.48. The van der Waals surface area contributed by atoms with Crippen molar-refractivity contribution in [1.29, 1.82) is 0 Å². The molecule has 2 heterocycles. The molecule has 0 N–H and O–H groups in total. The normalized spacial score (nSPS) is 31.4. The van der Waals surface area contributed by atoms with Crippen molar-refractivity contribution in [2.75, 3.05) is 13.2 Å². The summed E-state index contributed by atoms with van der Waals surface area (Å²) in [5.74, 6) is 0.419. The molecule has 0 amide bonds. The molecule has 1 aromatic rings. The van der Waals surface area contributed by atoms with E-state index < -0.39 is 0 Å². The van der Waals surface area contributed by atoms with Crippen molar-refractivity contribution in [3.05, 3.63) is 48.6 Å². The summed E-state index contributed by atoms with van der Waals surface area (Å²) in [6.07, 6.45) is 3.92. The summed E-state index contributed by atoms with van der Waals surface area (Å²) in [5, 5.41) is 0. The first-order valence-corrected chi connectivity index (χ1v) is 6.89. The Kier molecular flexibility index (Phi) is 3.38. The fourth-order valence-electron chi connectivity index (χ4n) is 3.13. The molecule has 1 aromatic carbocycles. The van der Waals surface area contributed by atoms with Crippen LogP contribution in [0.5, 0.6) is 0 Å². The molecule has 19 heavy (non-hydrogen) atoms. The van der Waals surface area contributed by atoms with Crippen LogP contribution in [0.2, 0.25) is 0 Å². The smallest absolute Gasteiger partial charge is 0.323 e. The standard InChI is InChI=1S/C16H19NO2/c1-2-12-8-9-14-16(18)19-11-15(17(14)10-12)13-6-4-3-5-7-13/h2-7,12,14-15H,1,8-11H2/t12-,14-,15-/m0/s1. The molecule has 0 aromatic heterocycles. The largest absolute Gasteiger partial charge is 0.462 e. The van der Waals surface area contributed by atoms with Gasteiger partial charge in [0.25, 0.3) is 0 Å². The van der Waals surface area contributed by atoms with Gasteiger partial charge in [0.1, 0.15) is 12.6 Å². The maximum absolute atomic E-state index is 11.9. The van der Waals surface area contributed by atoms with Crippen LogP contribution in [-0.2, 0) is 9.53 Å². The molecule has 0 aliphatic carbocycles. The highest BCUT2D eigenvalue weighted by atomic mass is 16.5. The molecule has 3 rings (SSSR count). The van der Waals surface area contributed by atoms with Crippen LogP contribution in [0.3, 0.4) is 0 Å². The fourth-order valence-corrected chi connectivity index (χ4v) is 3.13. The van der Waals surface area contributed by atoms with E-state index in [1.54, 1.807) is 0 Å². The zero-order chi connectivity index (χ0) is 13.2. The summed E-state index contributed by atoms with van der Waals surface area (Å²) in [5.41, 5.74) is 1.23. The zero-order valence-corrected chi connectivity index (χ0v) is 11.0. The summed E-state index contributed by atoms with van der Waals surface area (Å²) in [4.78, 5) is 14.2. The van der Waals surface area contributed by atoms with Crippen LogP contribution in [-0.4, -0.2) is 30.1 Å². The second-order valence-corrected chi connectivity index (χ2v) is 5.34. The van der Waals surface area contributed by atoms with Crippen LogP contribution >= 0.6 is 0 Å². The van der Waals surface area contributed by atoms with Gasteiger partial charge in [-0.25, -0.2) is 0 Å². The van der Waals surface area contributed by atoms with Gasteiger partial charge in [-0.2, -0.15) is 0 Å². The van der Waals surface area contributed by atoms with Crippen molar-refractivity contribution in [2.45, 2.75) is 24.9 Å². The van der Waals surface area contributed by atoms with Gasteiger partial charge < -0.3 is 4.74 Å². The Bertz CT molecular complexity index is 471. The molecule has 100 valence electrons. The molecule has 3 nitrogen and oxygen atoms in total. The molecule has 0 bridgehead atoms. The van der Waals surface area contributed by atoms with Crippen LogP contribution in [0.25, 0.3) is 0 Å². The summed E-state index contributed by atoms with van der Waals surface area (Å²) in [7, 11) is 0. The lowest BCUT2D eigenvalue weighted by atomic mass is 9.89. The van der Waals surface area contributed by atoms with Crippen molar-refractivity contribution in [3.63, 3.8) is 0 Å². The molecular formula is C16H19NO2. The number of piperidine rings is 1. The molecule has 3 atom stereocenters. The Balaban J connectivity index is 1.88. The number of hydrogen-bond donors (Lipinski definition) is 0. The van der Waals surface area contributed by atoms with Gasteiger partial charge in [-0.05, 0) is 24.3 Å². The first kappa shape index (κ1) is 12.4. The summed E-state index contributed by atoms with van der Waals surface area (Å²) in [6.45, 7) is 5.26. The van der Waals surface area contributed by atoms with Crippen LogP contribution in [0.1, 0.15) is 24.4 Å². The molecule has 0 radical (unpaired) electrons. The number of benzene rings is 1. The van der Waals surface area contributed by atoms with Gasteiger partial charge in [0.05, 0.1) is 6.04 Å². The zero-order valence-electron chi connectivity index (χ0n) is 11.0. The highest BCUT2D eigenvalue weighted by Gasteiger charge is 2.41. The van der Waals surface area contributed by atoms with Crippen LogP contribution in [0.4, 0.5) is 0 Å². The average molecular weight is 257 g/mol. The van der Waals surface area contributed by atoms with Crippen molar-refractivity contribution in [3.8, 4) is 0 Å². The van der Waals surface area contributed by atoms with E-state index >= 15 is 0 Å². The van der Waals surface area contributed by atoms with E-state index in [9.17, 15) is 4.79 Å². The maximum Gasteiger partial charge on any atom is 0.323 e. The topological polar surface area (TPSA) is 29.5 Å².